The Labute approximate surface area is 225 Å². The van der Waals surface area contributed by atoms with Crippen LogP contribution in [0.1, 0.15) is 16.3 Å². The average Bonchev–Trinajstić information content (AvgIpc) is 3.32. The summed E-state index contributed by atoms with van der Waals surface area (Å²) in [6.45, 7) is -0.815. The van der Waals surface area contributed by atoms with Crippen molar-refractivity contribution in [2.45, 2.75) is 49.8 Å². The van der Waals surface area contributed by atoms with Crippen molar-refractivity contribution in [3.05, 3.63) is 57.2 Å². The summed E-state index contributed by atoms with van der Waals surface area (Å²) in [4.78, 5) is 37.9. The summed E-state index contributed by atoms with van der Waals surface area (Å²) in [6.07, 6.45) is -10.8. The van der Waals surface area contributed by atoms with Crippen molar-refractivity contribution in [3.8, 4) is 0 Å². The Morgan fingerprint density at radius 2 is 1.80 bits per heavy atom. The Hall–Kier alpha value is -3.61. The van der Waals surface area contributed by atoms with E-state index in [-0.39, 0.29) is 33.8 Å². The molecule has 212 valence electrons. The largest absolute Gasteiger partial charge is 0.463 e. The van der Waals surface area contributed by atoms with Gasteiger partial charge in [-0.05, 0) is 18.2 Å². The summed E-state index contributed by atoms with van der Waals surface area (Å²) in [5.41, 5.74) is -1.54. The number of ether oxygens (including phenoxy) is 2. The molecule has 1 unspecified atom stereocenters. The number of halogens is 3. The van der Waals surface area contributed by atoms with E-state index in [1.807, 2.05) is 0 Å². The Balaban J connectivity index is 1.37. The van der Waals surface area contributed by atoms with Crippen LogP contribution in [0, 0.1) is 0 Å². The lowest BCUT2D eigenvalue weighted by Gasteiger charge is -2.37. The summed E-state index contributed by atoms with van der Waals surface area (Å²) in [5, 5.41) is 43.5. The predicted molar refractivity (Wildman–Crippen MR) is 129 cm³/mol. The van der Waals surface area contributed by atoms with Crippen LogP contribution in [0.4, 0.5) is 13.2 Å². The smallest absolute Gasteiger partial charge is 0.416 e. The highest BCUT2D eigenvalue weighted by molar-refractivity contribution is 7.18. The van der Waals surface area contributed by atoms with Gasteiger partial charge in [-0.15, -0.1) is 11.3 Å². The summed E-state index contributed by atoms with van der Waals surface area (Å²) >= 11 is 1.07. The molecule has 40 heavy (non-hydrogen) atoms. The molecule has 1 aliphatic rings. The molecule has 5 atom stereocenters. The van der Waals surface area contributed by atoms with Gasteiger partial charge in [-0.2, -0.15) is 18.3 Å². The molecule has 3 aromatic heterocycles. The number of aliphatic hydroxyl groups is 4. The zero-order valence-corrected chi connectivity index (χ0v) is 20.9. The van der Waals surface area contributed by atoms with Gasteiger partial charge in [0.2, 0.25) is 0 Å². The van der Waals surface area contributed by atoms with Crippen molar-refractivity contribution in [1.29, 1.82) is 0 Å². The molecule has 4 aromatic rings. The minimum absolute atomic E-state index is 0.00577. The summed E-state index contributed by atoms with van der Waals surface area (Å²) in [5.74, 6) is -0.893. The van der Waals surface area contributed by atoms with Crippen molar-refractivity contribution in [3.63, 3.8) is 0 Å². The number of aliphatic hydroxyl groups excluding tert-OH is 4. The van der Waals surface area contributed by atoms with Crippen LogP contribution < -0.4 is 5.56 Å². The van der Waals surface area contributed by atoms with Gasteiger partial charge in [-0.1, -0.05) is 0 Å². The number of rotatable bonds is 6. The molecule has 0 radical (unpaired) electrons. The fourth-order valence-corrected chi connectivity index (χ4v) is 5.00. The minimum Gasteiger partial charge on any atom is -0.463 e. The van der Waals surface area contributed by atoms with Crippen molar-refractivity contribution in [1.82, 2.24) is 24.7 Å². The number of alkyl halides is 3. The maximum atomic E-state index is 13.1. The maximum Gasteiger partial charge on any atom is 0.416 e. The molecule has 5 rings (SSSR count). The van der Waals surface area contributed by atoms with Gasteiger partial charge in [0.1, 0.15) is 47.2 Å². The SMILES string of the molecule is O=C(Cc1nn(Cc2nc3cc(C(F)(F)F)ccc3s2)c(=O)c2nccnc12)OCC1O[C@H](O)[C@H](O)[C@@H](O)[C@@H]1O. The zero-order chi connectivity index (χ0) is 28.8. The maximum absolute atomic E-state index is 13.1. The number of thiazole rings is 1. The fourth-order valence-electron chi connectivity index (χ4n) is 4.07. The summed E-state index contributed by atoms with van der Waals surface area (Å²) < 4.78 is 50.7. The average molecular weight is 584 g/mol. The van der Waals surface area contributed by atoms with Gasteiger partial charge in [-0.25, -0.2) is 14.6 Å². The van der Waals surface area contributed by atoms with E-state index >= 15 is 0 Å². The van der Waals surface area contributed by atoms with Crippen LogP contribution in [0.3, 0.4) is 0 Å². The van der Waals surface area contributed by atoms with Crippen molar-refractivity contribution < 1.29 is 47.9 Å². The molecule has 0 bridgehead atoms. The number of fused-ring (bicyclic) bond motifs is 2. The van der Waals surface area contributed by atoms with Gasteiger partial charge in [0, 0.05) is 12.4 Å². The van der Waals surface area contributed by atoms with Crippen LogP contribution in [0.2, 0.25) is 0 Å². The first-order chi connectivity index (χ1) is 18.9. The first kappa shape index (κ1) is 27.9. The second-order valence-corrected chi connectivity index (χ2v) is 9.96. The third-order valence-corrected chi connectivity index (χ3v) is 7.12. The monoisotopic (exact) mass is 583 g/mol. The van der Waals surface area contributed by atoms with Crippen LogP contribution in [-0.2, 0) is 33.4 Å². The molecule has 1 saturated heterocycles. The van der Waals surface area contributed by atoms with Gasteiger partial charge in [0.05, 0.1) is 28.7 Å². The molecule has 1 aliphatic heterocycles. The van der Waals surface area contributed by atoms with Gasteiger partial charge in [0.15, 0.2) is 11.8 Å². The van der Waals surface area contributed by atoms with E-state index in [1.165, 1.54) is 18.5 Å². The molecular weight excluding hydrogens is 563 g/mol. The normalized spacial score (nSPS) is 23.5. The van der Waals surface area contributed by atoms with Gasteiger partial charge < -0.3 is 29.9 Å². The van der Waals surface area contributed by atoms with Gasteiger partial charge in [0.25, 0.3) is 5.56 Å². The Morgan fingerprint density at radius 1 is 1.07 bits per heavy atom. The van der Waals surface area contributed by atoms with E-state index in [0.29, 0.717) is 4.70 Å². The molecule has 1 fully saturated rings. The standard InChI is InChI=1S/C23H20F3N5O8S/c24-23(25,26)9-1-2-13-10(5-9)29-14(40-13)7-31-21(36)17-16(27-3-4-28-17)11(30-31)6-15(32)38-8-12-18(33)19(34)20(35)22(37)39-12/h1-5,12,18-20,22,33-35,37H,6-8H2/t12?,18-,19+,20-,22+/m1/s1. The highest BCUT2D eigenvalue weighted by atomic mass is 32.1. The van der Waals surface area contributed by atoms with Crippen LogP contribution in [0.25, 0.3) is 21.3 Å². The number of hydrogen-bond donors (Lipinski definition) is 4. The number of benzene rings is 1. The number of carbonyl (C=O) groups excluding carboxylic acids is 1. The molecule has 0 amide bonds. The van der Waals surface area contributed by atoms with Crippen LogP contribution in [0.5, 0.6) is 0 Å². The molecule has 0 spiro atoms. The first-order valence-electron chi connectivity index (χ1n) is 11.6. The quantitative estimate of drug-likeness (QED) is 0.218. The topological polar surface area (TPSA) is 190 Å². The molecule has 17 heteroatoms. The van der Waals surface area contributed by atoms with Crippen LogP contribution in [-0.4, -0.2) is 88.4 Å². The van der Waals surface area contributed by atoms with Crippen molar-refractivity contribution >= 4 is 38.6 Å². The van der Waals surface area contributed by atoms with Gasteiger partial charge >= 0.3 is 12.1 Å². The lowest BCUT2D eigenvalue weighted by molar-refractivity contribution is -0.287. The third-order valence-electron chi connectivity index (χ3n) is 6.10. The molecule has 1 aromatic carbocycles. The van der Waals surface area contributed by atoms with E-state index in [1.54, 1.807) is 0 Å². The first-order valence-corrected chi connectivity index (χ1v) is 12.4. The Kier molecular flexibility index (Phi) is 7.51. The van der Waals surface area contributed by atoms with Gasteiger partial charge in [-0.3, -0.25) is 14.6 Å². The minimum atomic E-state index is -4.54. The number of esters is 1. The molecule has 0 aliphatic carbocycles. The lowest BCUT2D eigenvalue weighted by atomic mass is 9.99. The van der Waals surface area contributed by atoms with Crippen LogP contribution in [0.15, 0.2) is 35.4 Å². The Morgan fingerprint density at radius 3 is 2.52 bits per heavy atom. The van der Waals surface area contributed by atoms with E-state index in [2.05, 4.69) is 20.1 Å². The second-order valence-electron chi connectivity index (χ2n) is 8.85. The number of nitrogens with zero attached hydrogens (tertiary/aromatic N) is 5. The van der Waals surface area contributed by atoms with E-state index < -0.39 is 67.0 Å². The highest BCUT2D eigenvalue weighted by Crippen LogP contribution is 2.33. The molecule has 0 saturated carbocycles. The molecule has 4 N–H and O–H groups in total. The molecular formula is C23H20F3N5O8S. The van der Waals surface area contributed by atoms with Crippen molar-refractivity contribution in [2.75, 3.05) is 6.61 Å². The van der Waals surface area contributed by atoms with E-state index in [9.17, 15) is 43.2 Å². The second kappa shape index (κ2) is 10.8. The van der Waals surface area contributed by atoms with Crippen molar-refractivity contribution in [2.24, 2.45) is 0 Å². The predicted octanol–water partition coefficient (Wildman–Crippen LogP) is -0.251. The number of hydrogen-bond acceptors (Lipinski definition) is 13. The summed E-state index contributed by atoms with van der Waals surface area (Å²) in [7, 11) is 0. The Bertz CT molecular complexity index is 1630. The number of carbonyl (C=O) groups is 1. The zero-order valence-electron chi connectivity index (χ0n) is 20.1. The molecule has 13 nitrogen and oxygen atoms in total. The van der Waals surface area contributed by atoms with Crippen LogP contribution >= 0.6 is 11.3 Å². The van der Waals surface area contributed by atoms with E-state index in [0.717, 1.165) is 28.2 Å². The fraction of sp³-hybridized carbons (Fsp3) is 0.391. The molecule has 4 heterocycles. The van der Waals surface area contributed by atoms with E-state index in [4.69, 9.17) is 9.47 Å². The third kappa shape index (κ3) is 5.51. The number of aromatic nitrogens is 5. The highest BCUT2D eigenvalue weighted by Gasteiger charge is 2.43. The lowest BCUT2D eigenvalue weighted by Crippen LogP contribution is -2.58. The summed E-state index contributed by atoms with van der Waals surface area (Å²) in [6, 6.07) is 3.13.